The Bertz CT molecular complexity index is 1180. The summed E-state index contributed by atoms with van der Waals surface area (Å²) < 4.78 is 6.00. The van der Waals surface area contributed by atoms with Gasteiger partial charge < -0.3 is 9.72 Å². The van der Waals surface area contributed by atoms with E-state index in [2.05, 4.69) is 21.0 Å². The molecule has 0 aliphatic rings. The second kappa shape index (κ2) is 7.99. The standard InChI is InChI=1S/C24H20N4O/c1-16-11-18(12-17(2)23(16)29-15-20-7-5-6-10-26-20)13-19(14-25)24-27-21-8-3-4-9-22(21)28-24/h3-13H,15H2,1-2H3,(H,27,28)/b19-13-. The number of hydrogen-bond donors (Lipinski definition) is 1. The first-order chi connectivity index (χ1) is 14.1. The van der Waals surface area contributed by atoms with Crippen molar-refractivity contribution in [1.82, 2.24) is 15.0 Å². The highest BCUT2D eigenvalue weighted by Crippen LogP contribution is 2.28. The Balaban J connectivity index is 1.61. The fourth-order valence-electron chi connectivity index (χ4n) is 3.32. The first-order valence-corrected chi connectivity index (χ1v) is 9.35. The van der Waals surface area contributed by atoms with Crippen LogP contribution < -0.4 is 4.74 Å². The molecule has 2 aromatic heterocycles. The Morgan fingerprint density at radius 3 is 2.55 bits per heavy atom. The van der Waals surface area contributed by atoms with Crippen LogP contribution >= 0.6 is 0 Å². The summed E-state index contributed by atoms with van der Waals surface area (Å²) in [5.41, 5.74) is 6.07. The lowest BCUT2D eigenvalue weighted by molar-refractivity contribution is 0.297. The van der Waals surface area contributed by atoms with Crippen LogP contribution in [0, 0.1) is 25.2 Å². The molecule has 0 atom stereocenters. The van der Waals surface area contributed by atoms with Gasteiger partial charge in [0, 0.05) is 6.20 Å². The number of aryl methyl sites for hydroxylation is 2. The number of fused-ring (bicyclic) bond motifs is 1. The van der Waals surface area contributed by atoms with Gasteiger partial charge in [0.15, 0.2) is 0 Å². The average Bonchev–Trinajstić information content (AvgIpc) is 3.16. The van der Waals surface area contributed by atoms with Crippen LogP contribution in [0.15, 0.2) is 60.8 Å². The molecule has 0 radical (unpaired) electrons. The Hall–Kier alpha value is -3.91. The van der Waals surface area contributed by atoms with E-state index in [9.17, 15) is 5.26 Å². The van der Waals surface area contributed by atoms with Gasteiger partial charge in [0.2, 0.25) is 0 Å². The van der Waals surface area contributed by atoms with Gasteiger partial charge in [-0.25, -0.2) is 4.98 Å². The summed E-state index contributed by atoms with van der Waals surface area (Å²) >= 11 is 0. The predicted molar refractivity (Wildman–Crippen MR) is 114 cm³/mol. The van der Waals surface area contributed by atoms with E-state index in [1.54, 1.807) is 6.20 Å². The maximum atomic E-state index is 9.66. The van der Waals surface area contributed by atoms with E-state index in [0.29, 0.717) is 18.0 Å². The zero-order chi connectivity index (χ0) is 20.2. The molecule has 4 rings (SSSR count). The van der Waals surface area contributed by atoms with Crippen molar-refractivity contribution in [3.63, 3.8) is 0 Å². The summed E-state index contributed by atoms with van der Waals surface area (Å²) in [6, 6.07) is 19.8. The van der Waals surface area contributed by atoms with Gasteiger partial charge in [0.05, 0.1) is 22.3 Å². The number of imidazole rings is 1. The summed E-state index contributed by atoms with van der Waals surface area (Å²) in [5.74, 6) is 1.41. The first kappa shape index (κ1) is 18.5. The van der Waals surface area contributed by atoms with Gasteiger partial charge in [0.1, 0.15) is 24.3 Å². The molecule has 1 N–H and O–H groups in total. The number of nitrogens with zero attached hydrogens (tertiary/aromatic N) is 3. The fraction of sp³-hybridized carbons (Fsp3) is 0.125. The molecule has 0 bridgehead atoms. The third-order valence-corrected chi connectivity index (χ3v) is 4.65. The molecule has 0 amide bonds. The third kappa shape index (κ3) is 4.02. The molecular formula is C24H20N4O. The molecule has 5 heteroatoms. The van der Waals surface area contributed by atoms with Crippen LogP contribution in [0.4, 0.5) is 0 Å². The molecule has 0 fully saturated rings. The number of H-pyrrole nitrogens is 1. The zero-order valence-corrected chi connectivity index (χ0v) is 16.3. The molecule has 5 nitrogen and oxygen atoms in total. The van der Waals surface area contributed by atoms with E-state index in [-0.39, 0.29) is 0 Å². The van der Waals surface area contributed by atoms with Crippen molar-refractivity contribution < 1.29 is 4.74 Å². The summed E-state index contributed by atoms with van der Waals surface area (Å²) in [5, 5.41) is 9.66. The van der Waals surface area contributed by atoms with Crippen LogP contribution in [0.3, 0.4) is 0 Å². The largest absolute Gasteiger partial charge is 0.487 e. The number of nitriles is 1. The van der Waals surface area contributed by atoms with Crippen molar-refractivity contribution in [2.75, 3.05) is 0 Å². The van der Waals surface area contributed by atoms with E-state index in [1.807, 2.05) is 74.5 Å². The average molecular weight is 380 g/mol. The highest BCUT2D eigenvalue weighted by atomic mass is 16.5. The molecule has 0 saturated heterocycles. The molecular weight excluding hydrogens is 360 g/mol. The van der Waals surface area contributed by atoms with Crippen LogP contribution in [0.25, 0.3) is 22.7 Å². The summed E-state index contributed by atoms with van der Waals surface area (Å²) in [4.78, 5) is 12.0. The molecule has 2 heterocycles. The van der Waals surface area contributed by atoms with Crippen LogP contribution in [-0.2, 0) is 6.61 Å². The Kier molecular flexibility index (Phi) is 5.08. The Morgan fingerprint density at radius 2 is 1.86 bits per heavy atom. The van der Waals surface area contributed by atoms with Gasteiger partial charge in [0.25, 0.3) is 0 Å². The highest BCUT2D eigenvalue weighted by molar-refractivity contribution is 5.90. The third-order valence-electron chi connectivity index (χ3n) is 4.65. The molecule has 2 aromatic carbocycles. The fourth-order valence-corrected chi connectivity index (χ4v) is 3.32. The lowest BCUT2D eigenvalue weighted by atomic mass is 10.0. The number of benzene rings is 2. The maximum absolute atomic E-state index is 9.66. The van der Waals surface area contributed by atoms with E-state index in [4.69, 9.17) is 4.74 Å². The van der Waals surface area contributed by atoms with Crippen molar-refractivity contribution in [1.29, 1.82) is 5.26 Å². The number of aromatic nitrogens is 3. The minimum Gasteiger partial charge on any atom is -0.487 e. The Morgan fingerprint density at radius 1 is 1.10 bits per heavy atom. The SMILES string of the molecule is Cc1cc(/C=C(/C#N)c2nc3ccccc3[nH]2)cc(C)c1OCc1ccccn1. The summed E-state index contributed by atoms with van der Waals surface area (Å²) in [7, 11) is 0. The van der Waals surface area contributed by atoms with Crippen LogP contribution in [0.2, 0.25) is 0 Å². The predicted octanol–water partition coefficient (Wildman–Crippen LogP) is 5.22. The molecule has 4 aromatic rings. The van der Waals surface area contributed by atoms with E-state index < -0.39 is 0 Å². The minimum atomic E-state index is 0.417. The van der Waals surface area contributed by atoms with E-state index in [0.717, 1.165) is 39.2 Å². The smallest absolute Gasteiger partial charge is 0.149 e. The van der Waals surface area contributed by atoms with E-state index in [1.165, 1.54) is 0 Å². The number of para-hydroxylation sites is 2. The number of hydrogen-bond acceptors (Lipinski definition) is 4. The van der Waals surface area contributed by atoms with E-state index >= 15 is 0 Å². The summed E-state index contributed by atoms with van der Waals surface area (Å²) in [6.45, 7) is 4.43. The number of rotatable bonds is 5. The number of ether oxygens (including phenoxy) is 1. The van der Waals surface area contributed by atoms with Crippen molar-refractivity contribution in [3.05, 3.63) is 89.0 Å². The van der Waals surface area contributed by atoms with Gasteiger partial charge in [-0.3, -0.25) is 4.98 Å². The topological polar surface area (TPSA) is 74.6 Å². The highest BCUT2D eigenvalue weighted by Gasteiger charge is 2.10. The van der Waals surface area contributed by atoms with Crippen molar-refractivity contribution in [2.45, 2.75) is 20.5 Å². The van der Waals surface area contributed by atoms with Gasteiger partial charge in [-0.1, -0.05) is 18.2 Å². The van der Waals surface area contributed by atoms with Crippen molar-refractivity contribution in [3.8, 4) is 11.8 Å². The second-order valence-electron chi connectivity index (χ2n) is 6.87. The first-order valence-electron chi connectivity index (χ1n) is 9.35. The molecule has 0 aliphatic heterocycles. The molecule has 29 heavy (non-hydrogen) atoms. The van der Waals surface area contributed by atoms with Crippen molar-refractivity contribution >= 4 is 22.7 Å². The molecule has 0 aliphatic carbocycles. The second-order valence-corrected chi connectivity index (χ2v) is 6.87. The number of allylic oxidation sites excluding steroid dienone is 1. The molecule has 0 saturated carbocycles. The zero-order valence-electron chi connectivity index (χ0n) is 16.3. The number of nitrogens with one attached hydrogen (secondary N) is 1. The van der Waals surface area contributed by atoms with Crippen LogP contribution in [-0.4, -0.2) is 15.0 Å². The van der Waals surface area contributed by atoms with Gasteiger partial charge in [-0.2, -0.15) is 5.26 Å². The Labute approximate surface area is 169 Å². The minimum absolute atomic E-state index is 0.417. The van der Waals surface area contributed by atoms with Gasteiger partial charge in [-0.15, -0.1) is 0 Å². The maximum Gasteiger partial charge on any atom is 0.149 e. The monoisotopic (exact) mass is 380 g/mol. The quantitative estimate of drug-likeness (QED) is 0.482. The summed E-state index contributed by atoms with van der Waals surface area (Å²) in [6.07, 6.45) is 3.61. The lowest BCUT2D eigenvalue weighted by Crippen LogP contribution is -2.01. The molecule has 142 valence electrons. The normalized spacial score (nSPS) is 11.4. The van der Waals surface area contributed by atoms with Crippen LogP contribution in [0.1, 0.15) is 28.2 Å². The lowest BCUT2D eigenvalue weighted by Gasteiger charge is -2.13. The van der Waals surface area contributed by atoms with Crippen molar-refractivity contribution in [2.24, 2.45) is 0 Å². The molecule has 0 spiro atoms. The number of aromatic amines is 1. The van der Waals surface area contributed by atoms with Crippen LogP contribution in [0.5, 0.6) is 5.75 Å². The molecule has 0 unspecified atom stereocenters. The number of pyridine rings is 1. The van der Waals surface area contributed by atoms with Gasteiger partial charge in [-0.05, 0) is 73.0 Å². The van der Waals surface area contributed by atoms with Gasteiger partial charge >= 0.3 is 0 Å².